The van der Waals surface area contributed by atoms with Crippen molar-refractivity contribution in [3.8, 4) is 0 Å². The monoisotopic (exact) mass is 330 g/mol. The minimum absolute atomic E-state index is 0.513. The first-order chi connectivity index (χ1) is 9.43. The lowest BCUT2D eigenvalue weighted by atomic mass is 9.86. The third-order valence-electron chi connectivity index (χ3n) is 3.06. The molecule has 9 heteroatoms. The molecule has 2 N–H and O–H groups in total. The average molecular weight is 330 g/mol. The van der Waals surface area contributed by atoms with Gasteiger partial charge >= 0.3 is 6.18 Å². The highest BCUT2D eigenvalue weighted by molar-refractivity contribution is 7.80. The Morgan fingerprint density at radius 2 is 2.00 bits per heavy atom. The Labute approximate surface area is 124 Å². The second-order valence-corrected chi connectivity index (χ2v) is 5.34. The van der Waals surface area contributed by atoms with Crippen LogP contribution in [0, 0.1) is 0 Å². The molecule has 21 heavy (non-hydrogen) atoms. The SMILES string of the molecule is C/C=C(\C1=C(N(N)C(C)S)C(=O)CCC1(F)F)C(F)(F)F. The molecule has 3 nitrogen and oxygen atoms in total. The van der Waals surface area contributed by atoms with Crippen molar-refractivity contribution in [1.82, 2.24) is 5.01 Å². The van der Waals surface area contributed by atoms with Crippen LogP contribution >= 0.6 is 12.6 Å². The maximum Gasteiger partial charge on any atom is 0.416 e. The molecule has 0 aliphatic heterocycles. The molecule has 0 spiro atoms. The van der Waals surface area contributed by atoms with E-state index in [9.17, 15) is 26.7 Å². The van der Waals surface area contributed by atoms with Gasteiger partial charge < -0.3 is 0 Å². The van der Waals surface area contributed by atoms with Crippen molar-refractivity contribution >= 4 is 18.4 Å². The number of hydrazine groups is 1. The summed E-state index contributed by atoms with van der Waals surface area (Å²) in [4.78, 5) is 11.8. The van der Waals surface area contributed by atoms with E-state index in [4.69, 9.17) is 5.84 Å². The second kappa shape index (κ2) is 5.96. The minimum atomic E-state index is -5.02. The van der Waals surface area contributed by atoms with Crippen LogP contribution in [0.25, 0.3) is 0 Å². The largest absolute Gasteiger partial charge is 0.416 e. The smallest absolute Gasteiger partial charge is 0.295 e. The molecule has 0 bridgehead atoms. The van der Waals surface area contributed by atoms with Gasteiger partial charge in [-0.3, -0.25) is 9.80 Å². The number of carbonyl (C=O) groups excluding carboxylic acids is 1. The number of Topliss-reactive ketones (excluding diaryl/α,β-unsaturated/α-hetero) is 1. The van der Waals surface area contributed by atoms with Crippen LogP contribution < -0.4 is 5.84 Å². The predicted octanol–water partition coefficient (Wildman–Crippen LogP) is 3.20. The lowest BCUT2D eigenvalue weighted by Gasteiger charge is -2.35. The van der Waals surface area contributed by atoms with E-state index < -0.39 is 52.9 Å². The van der Waals surface area contributed by atoms with Gasteiger partial charge in [-0.2, -0.15) is 25.8 Å². The fourth-order valence-corrected chi connectivity index (χ4v) is 2.18. The molecule has 0 aromatic rings. The summed E-state index contributed by atoms with van der Waals surface area (Å²) in [5, 5.41) is -0.359. The van der Waals surface area contributed by atoms with Gasteiger partial charge in [-0.15, -0.1) is 0 Å². The van der Waals surface area contributed by atoms with Crippen LogP contribution in [-0.4, -0.2) is 28.3 Å². The Morgan fingerprint density at radius 3 is 2.38 bits per heavy atom. The van der Waals surface area contributed by atoms with Crippen LogP contribution in [0.5, 0.6) is 0 Å². The molecule has 0 heterocycles. The van der Waals surface area contributed by atoms with Gasteiger partial charge in [0.05, 0.1) is 16.5 Å². The van der Waals surface area contributed by atoms with Gasteiger partial charge in [0, 0.05) is 12.8 Å². The van der Waals surface area contributed by atoms with Crippen molar-refractivity contribution in [2.75, 3.05) is 0 Å². The third kappa shape index (κ3) is 3.57. The second-order valence-electron chi connectivity index (χ2n) is 4.59. The first kappa shape index (κ1) is 18.0. The molecule has 120 valence electrons. The van der Waals surface area contributed by atoms with Crippen molar-refractivity contribution in [3.63, 3.8) is 0 Å². The van der Waals surface area contributed by atoms with Crippen LogP contribution in [0.4, 0.5) is 22.0 Å². The van der Waals surface area contributed by atoms with E-state index in [2.05, 4.69) is 12.6 Å². The summed E-state index contributed by atoms with van der Waals surface area (Å²) >= 11 is 3.88. The molecule has 1 aliphatic rings. The molecule has 0 radical (unpaired) electrons. The normalized spacial score (nSPS) is 21.6. The molecule has 0 fully saturated rings. The van der Waals surface area contributed by atoms with E-state index in [1.807, 2.05) is 0 Å². The molecule has 0 aromatic carbocycles. The van der Waals surface area contributed by atoms with Crippen LogP contribution in [0.3, 0.4) is 0 Å². The number of thiol groups is 1. The van der Waals surface area contributed by atoms with Gasteiger partial charge in [-0.1, -0.05) is 6.08 Å². The Morgan fingerprint density at radius 1 is 1.48 bits per heavy atom. The van der Waals surface area contributed by atoms with Crippen LogP contribution in [0.15, 0.2) is 22.9 Å². The van der Waals surface area contributed by atoms with Crippen molar-refractivity contribution in [1.29, 1.82) is 0 Å². The van der Waals surface area contributed by atoms with Gasteiger partial charge in [0.25, 0.3) is 5.92 Å². The van der Waals surface area contributed by atoms with Crippen LogP contribution in [0.1, 0.15) is 26.7 Å². The zero-order valence-electron chi connectivity index (χ0n) is 11.3. The topological polar surface area (TPSA) is 46.3 Å². The van der Waals surface area contributed by atoms with E-state index in [-0.39, 0.29) is 0 Å². The molecule has 1 aliphatic carbocycles. The standard InChI is InChI=1S/C12H15F5N2OS/c1-3-7(12(15,16)17)9-10(19(18)6(2)21)8(20)4-5-11(9,13)14/h3,6,21H,4-5,18H2,1-2H3/b7-3+. The zero-order chi connectivity index (χ0) is 16.6. The molecule has 0 aromatic heterocycles. The first-order valence-electron chi connectivity index (χ1n) is 6.05. The number of ketones is 1. The molecule has 1 atom stereocenters. The number of hydrogen-bond donors (Lipinski definition) is 2. The third-order valence-corrected chi connectivity index (χ3v) is 3.31. The van der Waals surface area contributed by atoms with Crippen LogP contribution in [0.2, 0.25) is 0 Å². The Kier molecular flexibility index (Phi) is 5.09. The summed E-state index contributed by atoms with van der Waals surface area (Å²) in [6, 6.07) is 0. The van der Waals surface area contributed by atoms with E-state index in [1.165, 1.54) is 6.92 Å². The number of halogens is 5. The summed E-state index contributed by atoms with van der Waals surface area (Å²) in [5.74, 6) is 0.830. The van der Waals surface area contributed by atoms with Gasteiger partial charge in [0.1, 0.15) is 5.70 Å². The number of nitrogens with two attached hydrogens (primary N) is 1. The summed E-state index contributed by atoms with van der Waals surface area (Å²) in [6.07, 6.45) is -6.06. The van der Waals surface area contributed by atoms with Crippen molar-refractivity contribution < 1.29 is 26.7 Å². The number of alkyl halides is 5. The van der Waals surface area contributed by atoms with Crippen LogP contribution in [-0.2, 0) is 4.79 Å². The fraction of sp³-hybridized carbons (Fsp3) is 0.583. The van der Waals surface area contributed by atoms with Gasteiger partial charge in [-0.05, 0) is 13.8 Å². The number of carbonyl (C=O) groups is 1. The fourth-order valence-electron chi connectivity index (χ4n) is 2.06. The van der Waals surface area contributed by atoms with E-state index >= 15 is 0 Å². The molecule has 0 amide bonds. The van der Waals surface area contributed by atoms with Crippen molar-refractivity contribution in [2.45, 2.75) is 44.2 Å². The van der Waals surface area contributed by atoms with E-state index in [0.29, 0.717) is 11.1 Å². The summed E-state index contributed by atoms with van der Waals surface area (Å²) in [5.41, 5.74) is -3.77. The Hall–Kier alpha value is -1.09. The Bertz CT molecular complexity index is 496. The zero-order valence-corrected chi connectivity index (χ0v) is 12.2. The molecule has 1 rings (SSSR count). The van der Waals surface area contributed by atoms with Gasteiger partial charge in [-0.25, -0.2) is 14.6 Å². The average Bonchev–Trinajstić information content (AvgIpc) is 2.32. The summed E-state index contributed by atoms with van der Waals surface area (Å²) < 4.78 is 67.0. The van der Waals surface area contributed by atoms with Gasteiger partial charge in [0.15, 0.2) is 5.78 Å². The van der Waals surface area contributed by atoms with Gasteiger partial charge in [0.2, 0.25) is 0 Å². The lowest BCUT2D eigenvalue weighted by molar-refractivity contribution is -0.122. The maximum atomic E-state index is 14.0. The highest BCUT2D eigenvalue weighted by atomic mass is 32.1. The number of rotatable bonds is 3. The Balaban J connectivity index is 3.66. The minimum Gasteiger partial charge on any atom is -0.295 e. The number of hydrogen-bond acceptors (Lipinski definition) is 4. The summed E-state index contributed by atoms with van der Waals surface area (Å²) in [7, 11) is 0. The molecule has 0 saturated heterocycles. The summed E-state index contributed by atoms with van der Waals surface area (Å²) in [6.45, 7) is 2.34. The quantitative estimate of drug-likeness (QED) is 0.275. The van der Waals surface area contributed by atoms with E-state index in [0.717, 1.165) is 6.92 Å². The molecular formula is C12H15F5N2OS. The predicted molar refractivity (Wildman–Crippen MR) is 70.5 cm³/mol. The molecular weight excluding hydrogens is 315 g/mol. The van der Waals surface area contributed by atoms with Crippen molar-refractivity contribution in [3.05, 3.63) is 22.9 Å². The lowest BCUT2D eigenvalue weighted by Crippen LogP contribution is -2.45. The molecule has 0 saturated carbocycles. The van der Waals surface area contributed by atoms with E-state index in [1.54, 1.807) is 0 Å². The first-order valence-corrected chi connectivity index (χ1v) is 6.56. The molecule has 1 unspecified atom stereocenters. The van der Waals surface area contributed by atoms with Crippen molar-refractivity contribution in [2.24, 2.45) is 5.84 Å². The maximum absolute atomic E-state index is 14.0. The number of nitrogens with zero attached hydrogens (tertiary/aromatic N) is 1. The number of allylic oxidation sites excluding steroid dienone is 4. The highest BCUT2D eigenvalue weighted by Gasteiger charge is 2.51. The highest BCUT2D eigenvalue weighted by Crippen LogP contribution is 2.46.